The molecule has 0 amide bonds. The molecule has 3 rings (SSSR count). The number of fused-ring (bicyclic) bond motifs is 1. The van der Waals surface area contributed by atoms with Gasteiger partial charge in [-0.1, -0.05) is 27.2 Å². The van der Waals surface area contributed by atoms with E-state index in [1.165, 1.54) is 12.1 Å². The third kappa shape index (κ3) is 5.83. The van der Waals surface area contributed by atoms with Gasteiger partial charge in [0, 0.05) is 30.0 Å². The second-order valence-electron chi connectivity index (χ2n) is 7.62. The van der Waals surface area contributed by atoms with E-state index in [9.17, 15) is 9.18 Å². The van der Waals surface area contributed by atoms with Gasteiger partial charge in [-0.3, -0.25) is 4.79 Å². The minimum absolute atomic E-state index is 0.105. The van der Waals surface area contributed by atoms with E-state index in [-0.39, 0.29) is 11.6 Å². The monoisotopic (exact) mass is 663 g/mol. The van der Waals surface area contributed by atoms with Crippen LogP contribution >= 0.6 is 45.2 Å². The van der Waals surface area contributed by atoms with E-state index in [0.717, 1.165) is 45.4 Å². The van der Waals surface area contributed by atoms with Gasteiger partial charge in [0.25, 0.3) is 0 Å². The van der Waals surface area contributed by atoms with Crippen LogP contribution < -0.4 is 4.74 Å². The van der Waals surface area contributed by atoms with Crippen molar-refractivity contribution in [2.45, 2.75) is 40.0 Å². The zero-order chi connectivity index (χ0) is 23.3. The highest BCUT2D eigenvalue weighted by molar-refractivity contribution is 14.1. The number of hydrogen-bond donors (Lipinski definition) is 0. The van der Waals surface area contributed by atoms with Crippen LogP contribution in [0.25, 0.3) is 11.0 Å². The molecule has 0 saturated heterocycles. The molecule has 4 nitrogen and oxygen atoms in total. The number of benzene rings is 2. The van der Waals surface area contributed by atoms with Crippen LogP contribution in [0.1, 0.15) is 55.3 Å². The number of ketones is 1. The molecule has 0 N–H and O–H groups in total. The number of ether oxygens (including phenoxy) is 1. The van der Waals surface area contributed by atoms with E-state index in [4.69, 9.17) is 9.15 Å². The SMILES string of the molecule is CCCCc1oc2cc(F)ccc2c1C(=O)c1cc(I)c(OCCN(CC)CC)c(I)c1. The molecule has 0 unspecified atom stereocenters. The first-order valence-corrected chi connectivity index (χ1v) is 13.1. The van der Waals surface area contributed by atoms with Crippen LogP contribution in [0.3, 0.4) is 0 Å². The Balaban J connectivity index is 1.91. The number of hydrogen-bond acceptors (Lipinski definition) is 4. The van der Waals surface area contributed by atoms with Crippen molar-refractivity contribution in [1.82, 2.24) is 4.90 Å². The highest BCUT2D eigenvalue weighted by Crippen LogP contribution is 2.33. The molecule has 7 heteroatoms. The summed E-state index contributed by atoms with van der Waals surface area (Å²) in [6.07, 6.45) is 2.53. The Morgan fingerprint density at radius 2 is 1.78 bits per heavy atom. The number of halogens is 3. The Morgan fingerprint density at radius 1 is 1.09 bits per heavy atom. The van der Waals surface area contributed by atoms with Gasteiger partial charge in [0.2, 0.25) is 0 Å². The van der Waals surface area contributed by atoms with Gasteiger partial charge in [0.05, 0.1) is 12.7 Å². The minimum Gasteiger partial charge on any atom is -0.490 e. The Morgan fingerprint density at radius 3 is 2.41 bits per heavy atom. The van der Waals surface area contributed by atoms with Crippen molar-refractivity contribution in [3.63, 3.8) is 0 Å². The molecule has 0 saturated carbocycles. The summed E-state index contributed by atoms with van der Waals surface area (Å²) in [6, 6.07) is 8.09. The average molecular weight is 663 g/mol. The largest absolute Gasteiger partial charge is 0.490 e. The summed E-state index contributed by atoms with van der Waals surface area (Å²) < 4.78 is 27.5. The van der Waals surface area contributed by atoms with Gasteiger partial charge in [-0.15, -0.1) is 0 Å². The van der Waals surface area contributed by atoms with E-state index in [1.807, 2.05) is 12.1 Å². The van der Waals surface area contributed by atoms with Crippen LogP contribution in [0, 0.1) is 13.0 Å². The van der Waals surface area contributed by atoms with Crippen LogP contribution in [0.2, 0.25) is 0 Å². The summed E-state index contributed by atoms with van der Waals surface area (Å²) in [4.78, 5) is 15.9. The van der Waals surface area contributed by atoms with Crippen molar-refractivity contribution in [3.05, 3.63) is 60.2 Å². The molecule has 0 atom stereocenters. The topological polar surface area (TPSA) is 42.7 Å². The lowest BCUT2D eigenvalue weighted by molar-refractivity contribution is 0.103. The highest BCUT2D eigenvalue weighted by Gasteiger charge is 2.24. The first-order valence-electron chi connectivity index (χ1n) is 11.0. The van der Waals surface area contributed by atoms with Crippen molar-refractivity contribution < 1.29 is 18.3 Å². The standard InChI is InChI=1S/C25H28FI2NO3/c1-4-7-8-21-23(18-10-9-17(26)15-22(18)32-21)24(30)16-13-19(27)25(20(28)14-16)31-12-11-29(5-2)6-3/h9-10,13-15H,4-8,11-12H2,1-3H3. The molecule has 1 heterocycles. The van der Waals surface area contributed by atoms with Gasteiger partial charge in [-0.05, 0) is 89.0 Å². The minimum atomic E-state index is -0.373. The number of unbranched alkanes of at least 4 members (excludes halogenated alkanes) is 1. The lowest BCUT2D eigenvalue weighted by Gasteiger charge is -2.19. The number of likely N-dealkylation sites (N-methyl/N-ethyl adjacent to an activating group) is 1. The van der Waals surface area contributed by atoms with Crippen molar-refractivity contribution in [2.24, 2.45) is 0 Å². The summed E-state index contributed by atoms with van der Waals surface area (Å²) in [5.41, 5.74) is 1.54. The molecule has 1 aromatic heterocycles. The third-order valence-corrected chi connectivity index (χ3v) is 7.12. The van der Waals surface area contributed by atoms with E-state index < -0.39 is 0 Å². The number of carbonyl (C=O) groups excluding carboxylic acids is 1. The maximum atomic E-state index is 13.7. The van der Waals surface area contributed by atoms with Crippen molar-refractivity contribution in [3.8, 4) is 5.75 Å². The number of rotatable bonds is 11. The molecule has 0 bridgehead atoms. The fraction of sp³-hybridized carbons (Fsp3) is 0.400. The Kier molecular flexibility index (Phi) is 9.36. The van der Waals surface area contributed by atoms with Gasteiger partial charge in [0.1, 0.15) is 29.5 Å². The first-order chi connectivity index (χ1) is 15.4. The third-order valence-electron chi connectivity index (χ3n) is 5.52. The average Bonchev–Trinajstić information content (AvgIpc) is 3.13. The lowest BCUT2D eigenvalue weighted by atomic mass is 9.98. The smallest absolute Gasteiger partial charge is 0.197 e. The van der Waals surface area contributed by atoms with Crippen LogP contribution in [-0.2, 0) is 6.42 Å². The molecule has 0 aliphatic heterocycles. The van der Waals surface area contributed by atoms with Gasteiger partial charge in [-0.2, -0.15) is 0 Å². The van der Waals surface area contributed by atoms with E-state index in [2.05, 4.69) is 70.9 Å². The predicted molar refractivity (Wildman–Crippen MR) is 143 cm³/mol. The molecule has 0 aliphatic rings. The highest BCUT2D eigenvalue weighted by atomic mass is 127. The Hall–Kier alpha value is -1.20. The molecule has 0 aliphatic carbocycles. The molecule has 0 radical (unpaired) electrons. The maximum absolute atomic E-state index is 13.7. The summed E-state index contributed by atoms with van der Waals surface area (Å²) in [5, 5.41) is 0.659. The fourth-order valence-corrected chi connectivity index (χ4v) is 5.75. The number of nitrogens with zero attached hydrogens (tertiary/aromatic N) is 1. The van der Waals surface area contributed by atoms with E-state index >= 15 is 0 Å². The van der Waals surface area contributed by atoms with Gasteiger partial charge >= 0.3 is 0 Å². The molecule has 172 valence electrons. The molecule has 32 heavy (non-hydrogen) atoms. The first kappa shape index (κ1) is 25.4. The second-order valence-corrected chi connectivity index (χ2v) is 9.94. The second kappa shape index (κ2) is 11.8. The molecule has 0 fully saturated rings. The van der Waals surface area contributed by atoms with Gasteiger partial charge in [0.15, 0.2) is 5.78 Å². The zero-order valence-corrected chi connectivity index (χ0v) is 23.0. The van der Waals surface area contributed by atoms with Crippen LogP contribution in [0.4, 0.5) is 4.39 Å². The summed E-state index contributed by atoms with van der Waals surface area (Å²) in [6.45, 7) is 9.81. The predicted octanol–water partition coefficient (Wildman–Crippen LogP) is 7.08. The Bertz CT molecular complexity index is 1070. The lowest BCUT2D eigenvalue weighted by Crippen LogP contribution is -2.28. The van der Waals surface area contributed by atoms with Gasteiger partial charge < -0.3 is 14.1 Å². The van der Waals surface area contributed by atoms with Crippen molar-refractivity contribution in [1.29, 1.82) is 0 Å². The van der Waals surface area contributed by atoms with Crippen molar-refractivity contribution in [2.75, 3.05) is 26.2 Å². The summed E-state index contributed by atoms with van der Waals surface area (Å²) in [7, 11) is 0. The van der Waals surface area contributed by atoms with Crippen LogP contribution in [0.15, 0.2) is 34.7 Å². The normalized spacial score (nSPS) is 11.5. The quantitative estimate of drug-likeness (QED) is 0.163. The van der Waals surface area contributed by atoms with E-state index in [1.54, 1.807) is 6.07 Å². The summed E-state index contributed by atoms with van der Waals surface area (Å²) in [5.74, 6) is 0.955. The number of furan rings is 1. The molecule has 2 aromatic carbocycles. The molecule has 0 spiro atoms. The maximum Gasteiger partial charge on any atom is 0.197 e. The fourth-order valence-electron chi connectivity index (χ4n) is 3.67. The zero-order valence-electron chi connectivity index (χ0n) is 18.6. The molecular formula is C25H28FI2NO3. The summed E-state index contributed by atoms with van der Waals surface area (Å²) >= 11 is 4.45. The van der Waals surface area contributed by atoms with E-state index in [0.29, 0.717) is 40.9 Å². The molecular weight excluding hydrogens is 635 g/mol. The van der Waals surface area contributed by atoms with Crippen molar-refractivity contribution >= 4 is 61.9 Å². The molecule has 3 aromatic rings. The van der Waals surface area contributed by atoms with Crippen LogP contribution in [-0.4, -0.2) is 36.9 Å². The Labute approximate surface area is 216 Å². The number of aryl methyl sites for hydroxylation is 1. The number of carbonyl (C=O) groups is 1. The van der Waals surface area contributed by atoms with Gasteiger partial charge in [-0.25, -0.2) is 4.39 Å². The van der Waals surface area contributed by atoms with Crippen LogP contribution in [0.5, 0.6) is 5.75 Å².